The molecular formula is C18H20N2O5S. The summed E-state index contributed by atoms with van der Waals surface area (Å²) in [4.78, 5) is 11.1. The smallest absolute Gasteiger partial charge is 0.404 e. The van der Waals surface area contributed by atoms with E-state index in [1.165, 1.54) is 13.2 Å². The number of rotatable bonds is 5. The van der Waals surface area contributed by atoms with Crippen LogP contribution in [0.25, 0.3) is 0 Å². The van der Waals surface area contributed by atoms with E-state index in [1.54, 1.807) is 30.3 Å². The van der Waals surface area contributed by atoms with Crippen molar-refractivity contribution >= 4 is 21.8 Å². The quantitative estimate of drug-likeness (QED) is 0.744. The van der Waals surface area contributed by atoms with Crippen LogP contribution in [0.3, 0.4) is 0 Å². The van der Waals surface area contributed by atoms with Gasteiger partial charge in [0.15, 0.2) is 0 Å². The van der Waals surface area contributed by atoms with Gasteiger partial charge in [-0.15, -0.1) is 0 Å². The number of anilines is 1. The lowest BCUT2D eigenvalue weighted by molar-refractivity contribution is 0.188. The summed E-state index contributed by atoms with van der Waals surface area (Å²) in [5.41, 5.74) is 1.89. The van der Waals surface area contributed by atoms with Crippen LogP contribution >= 0.6 is 0 Å². The Labute approximate surface area is 152 Å². The zero-order chi connectivity index (χ0) is 18.7. The van der Waals surface area contributed by atoms with Gasteiger partial charge in [-0.25, -0.2) is 13.2 Å². The second-order valence-corrected chi connectivity index (χ2v) is 7.73. The predicted molar refractivity (Wildman–Crippen MR) is 97.2 cm³/mol. The van der Waals surface area contributed by atoms with Crippen molar-refractivity contribution in [3.8, 4) is 5.75 Å². The fourth-order valence-electron chi connectivity index (χ4n) is 3.27. The fourth-order valence-corrected chi connectivity index (χ4v) is 4.63. The summed E-state index contributed by atoms with van der Waals surface area (Å²) in [6, 6.07) is 11.6. The minimum absolute atomic E-state index is 0.200. The second-order valence-electron chi connectivity index (χ2n) is 6.08. The second kappa shape index (κ2) is 7.25. The highest BCUT2D eigenvalue weighted by molar-refractivity contribution is 7.92. The van der Waals surface area contributed by atoms with Gasteiger partial charge in [-0.2, -0.15) is 0 Å². The fraction of sp³-hybridized carbons (Fsp3) is 0.278. The van der Waals surface area contributed by atoms with Crippen molar-refractivity contribution in [2.45, 2.75) is 30.2 Å². The minimum atomic E-state index is -3.76. The van der Waals surface area contributed by atoms with Gasteiger partial charge < -0.3 is 15.2 Å². The largest absolute Gasteiger partial charge is 0.496 e. The van der Waals surface area contributed by atoms with Crippen LogP contribution in [0.5, 0.6) is 5.75 Å². The molecule has 0 radical (unpaired) electrons. The highest BCUT2D eigenvalue weighted by Gasteiger charge is 2.29. The number of nitrogens with one attached hydrogen (secondary N) is 2. The molecule has 2 aromatic rings. The van der Waals surface area contributed by atoms with Crippen LogP contribution in [0, 0.1) is 0 Å². The van der Waals surface area contributed by atoms with Crippen LogP contribution in [0.2, 0.25) is 0 Å². The van der Waals surface area contributed by atoms with Gasteiger partial charge in [0.2, 0.25) is 0 Å². The van der Waals surface area contributed by atoms with Gasteiger partial charge in [-0.3, -0.25) is 4.72 Å². The van der Waals surface area contributed by atoms with Crippen molar-refractivity contribution in [1.29, 1.82) is 0 Å². The maximum Gasteiger partial charge on any atom is 0.404 e. The standard InChI is InChI=1S/C18H20N2O5S/c1-25-16-9-10-17(26(23,24)20-12-5-3-2-4-6-12)14-8-7-13(11-15(14)16)19-18(21)22/h2-6,9-10,13,19-20H,7-8,11H2,1H3,(H,21,22)/t13-/m0/s1. The van der Waals surface area contributed by atoms with Gasteiger partial charge in [0, 0.05) is 17.3 Å². The Morgan fingerprint density at radius 2 is 1.88 bits per heavy atom. The highest BCUT2D eigenvalue weighted by atomic mass is 32.2. The van der Waals surface area contributed by atoms with E-state index < -0.39 is 16.1 Å². The van der Waals surface area contributed by atoms with Crippen LogP contribution in [-0.4, -0.2) is 32.8 Å². The molecule has 7 nitrogen and oxygen atoms in total. The molecule has 0 saturated carbocycles. The van der Waals surface area contributed by atoms with Crippen molar-refractivity contribution in [3.63, 3.8) is 0 Å². The van der Waals surface area contributed by atoms with E-state index in [1.807, 2.05) is 6.07 Å². The number of carbonyl (C=O) groups is 1. The molecule has 1 aliphatic rings. The van der Waals surface area contributed by atoms with Crippen molar-refractivity contribution in [3.05, 3.63) is 53.6 Å². The third kappa shape index (κ3) is 3.75. The monoisotopic (exact) mass is 376 g/mol. The summed E-state index contributed by atoms with van der Waals surface area (Å²) < 4.78 is 33.7. The first-order valence-electron chi connectivity index (χ1n) is 8.17. The summed E-state index contributed by atoms with van der Waals surface area (Å²) in [7, 11) is -2.25. The molecule has 1 aliphatic carbocycles. The molecule has 0 saturated heterocycles. The lowest BCUT2D eigenvalue weighted by atomic mass is 9.87. The van der Waals surface area contributed by atoms with Crippen LogP contribution in [0.15, 0.2) is 47.4 Å². The summed E-state index contributed by atoms with van der Waals surface area (Å²) >= 11 is 0. The van der Waals surface area contributed by atoms with Gasteiger partial charge in [0.05, 0.1) is 12.0 Å². The van der Waals surface area contributed by atoms with Crippen LogP contribution in [0.4, 0.5) is 10.5 Å². The summed E-state index contributed by atoms with van der Waals surface area (Å²) in [6.07, 6.45) is 0.273. The average molecular weight is 376 g/mol. The number of ether oxygens (including phenoxy) is 1. The number of sulfonamides is 1. The molecule has 2 aromatic carbocycles. The SMILES string of the molecule is COc1ccc(S(=O)(=O)Nc2ccccc2)c2c1C[C@@H](NC(=O)O)CC2. The lowest BCUT2D eigenvalue weighted by Crippen LogP contribution is -2.38. The summed E-state index contributed by atoms with van der Waals surface area (Å²) in [5.74, 6) is 0.565. The molecule has 3 rings (SSSR count). The lowest BCUT2D eigenvalue weighted by Gasteiger charge is -2.27. The molecule has 138 valence electrons. The highest BCUT2D eigenvalue weighted by Crippen LogP contribution is 2.35. The summed E-state index contributed by atoms with van der Waals surface area (Å²) in [6.45, 7) is 0. The van der Waals surface area contributed by atoms with Crippen LogP contribution in [0.1, 0.15) is 17.5 Å². The molecule has 0 bridgehead atoms. The Morgan fingerprint density at radius 1 is 1.15 bits per heavy atom. The molecule has 0 aromatic heterocycles. The van der Waals surface area contributed by atoms with E-state index in [-0.39, 0.29) is 10.9 Å². The topological polar surface area (TPSA) is 105 Å². The maximum atomic E-state index is 12.9. The van der Waals surface area contributed by atoms with Gasteiger partial charge >= 0.3 is 6.09 Å². The molecule has 0 unspecified atom stereocenters. The van der Waals surface area contributed by atoms with Gasteiger partial charge in [0.1, 0.15) is 5.75 Å². The Kier molecular flexibility index (Phi) is 5.03. The van der Waals surface area contributed by atoms with Gasteiger partial charge in [0.25, 0.3) is 10.0 Å². The first-order valence-corrected chi connectivity index (χ1v) is 9.65. The molecule has 0 spiro atoms. The van der Waals surface area contributed by atoms with Crippen molar-refractivity contribution in [2.24, 2.45) is 0 Å². The number of carboxylic acid groups (broad SMARTS) is 1. The van der Waals surface area contributed by atoms with E-state index in [0.717, 1.165) is 5.56 Å². The number of hydrogen-bond donors (Lipinski definition) is 3. The van der Waals surface area contributed by atoms with Crippen molar-refractivity contribution in [2.75, 3.05) is 11.8 Å². The molecule has 0 aliphatic heterocycles. The number of para-hydroxylation sites is 1. The summed E-state index contributed by atoms with van der Waals surface area (Å²) in [5, 5.41) is 11.4. The minimum Gasteiger partial charge on any atom is -0.496 e. The third-order valence-corrected chi connectivity index (χ3v) is 5.87. The van der Waals surface area contributed by atoms with E-state index in [0.29, 0.717) is 36.3 Å². The molecule has 26 heavy (non-hydrogen) atoms. The Hall–Kier alpha value is -2.74. The van der Waals surface area contributed by atoms with E-state index in [2.05, 4.69) is 10.0 Å². The average Bonchev–Trinajstić information content (AvgIpc) is 2.60. The Balaban J connectivity index is 1.98. The van der Waals surface area contributed by atoms with Crippen LogP contribution < -0.4 is 14.8 Å². The van der Waals surface area contributed by atoms with Crippen molar-refractivity contribution in [1.82, 2.24) is 5.32 Å². The van der Waals surface area contributed by atoms with E-state index in [9.17, 15) is 13.2 Å². The molecule has 3 N–H and O–H groups in total. The van der Waals surface area contributed by atoms with E-state index in [4.69, 9.17) is 9.84 Å². The predicted octanol–water partition coefficient (Wildman–Crippen LogP) is 2.62. The van der Waals surface area contributed by atoms with Gasteiger partial charge in [-0.1, -0.05) is 18.2 Å². The molecule has 8 heteroatoms. The third-order valence-electron chi connectivity index (χ3n) is 4.40. The first-order chi connectivity index (χ1) is 12.4. The Morgan fingerprint density at radius 3 is 2.54 bits per heavy atom. The maximum absolute atomic E-state index is 12.9. The zero-order valence-corrected chi connectivity index (χ0v) is 15.0. The van der Waals surface area contributed by atoms with Crippen LogP contribution in [-0.2, 0) is 22.9 Å². The molecule has 0 fully saturated rings. The number of benzene rings is 2. The normalized spacial score (nSPS) is 16.4. The zero-order valence-electron chi connectivity index (χ0n) is 14.2. The number of fused-ring (bicyclic) bond motifs is 1. The molecule has 1 amide bonds. The van der Waals surface area contributed by atoms with Crippen molar-refractivity contribution < 1.29 is 23.1 Å². The number of methoxy groups -OCH3 is 1. The van der Waals surface area contributed by atoms with Gasteiger partial charge in [-0.05, 0) is 49.1 Å². The number of hydrogen-bond acceptors (Lipinski definition) is 4. The number of amides is 1. The Bertz CT molecular complexity index is 913. The molecule has 0 heterocycles. The van der Waals surface area contributed by atoms with E-state index >= 15 is 0 Å². The molecular weight excluding hydrogens is 356 g/mol. The first kappa shape index (κ1) is 18.1. The molecule has 1 atom stereocenters.